The van der Waals surface area contributed by atoms with Crippen molar-refractivity contribution in [3.05, 3.63) is 71.1 Å². The predicted octanol–water partition coefficient (Wildman–Crippen LogP) is 5.97. The molecule has 184 valence electrons. The summed E-state index contributed by atoms with van der Waals surface area (Å²) in [5.41, 5.74) is 4.32. The van der Waals surface area contributed by atoms with Gasteiger partial charge in [0.25, 0.3) is 0 Å². The highest BCUT2D eigenvalue weighted by Gasteiger charge is 2.35. The Bertz CT molecular complexity index is 1470. The van der Waals surface area contributed by atoms with Gasteiger partial charge in [-0.05, 0) is 62.4 Å². The van der Waals surface area contributed by atoms with E-state index in [9.17, 15) is 8.42 Å². The molecule has 0 radical (unpaired) electrons. The van der Waals surface area contributed by atoms with Crippen LogP contribution in [-0.2, 0) is 23.0 Å². The molecule has 4 aromatic rings. The normalized spacial score (nSPS) is 14.1. The van der Waals surface area contributed by atoms with E-state index in [1.54, 1.807) is 11.8 Å². The first-order chi connectivity index (χ1) is 16.9. The van der Waals surface area contributed by atoms with E-state index in [1.807, 2.05) is 35.1 Å². The second-order valence-electron chi connectivity index (χ2n) is 9.01. The largest absolute Gasteiger partial charge is 0.310 e. The molecule has 0 unspecified atom stereocenters. The molecular weight excluding hydrogens is 500 g/mol. The van der Waals surface area contributed by atoms with Crippen LogP contribution < -0.4 is 4.72 Å². The molecule has 1 aliphatic carbocycles. The molecule has 1 N–H and O–H groups in total. The van der Waals surface area contributed by atoms with Crippen molar-refractivity contribution < 1.29 is 8.42 Å². The van der Waals surface area contributed by atoms with Crippen LogP contribution in [0.4, 0.5) is 0 Å². The number of sulfonamides is 1. The van der Waals surface area contributed by atoms with Crippen molar-refractivity contribution in [2.75, 3.05) is 6.54 Å². The molecule has 1 fully saturated rings. The van der Waals surface area contributed by atoms with E-state index in [1.165, 1.54) is 4.90 Å². The van der Waals surface area contributed by atoms with Gasteiger partial charge in [-0.25, -0.2) is 13.1 Å². The molecule has 35 heavy (non-hydrogen) atoms. The molecule has 0 bridgehead atoms. The third kappa shape index (κ3) is 5.31. The summed E-state index contributed by atoms with van der Waals surface area (Å²) < 4.78 is 31.1. The fourth-order valence-corrected chi connectivity index (χ4v) is 7.02. The number of fused-ring (bicyclic) bond motifs is 1. The van der Waals surface area contributed by atoms with Gasteiger partial charge in [-0.2, -0.15) is 5.10 Å². The first-order valence-corrected chi connectivity index (χ1v) is 14.7. The summed E-state index contributed by atoms with van der Waals surface area (Å²) in [6.45, 7) is 5.57. The van der Waals surface area contributed by atoms with Crippen molar-refractivity contribution in [2.24, 2.45) is 0 Å². The van der Waals surface area contributed by atoms with Crippen LogP contribution in [0.15, 0.2) is 64.6 Å². The second-order valence-corrected chi connectivity index (χ2v) is 12.6. The van der Waals surface area contributed by atoms with E-state index in [4.69, 9.17) is 11.6 Å². The minimum absolute atomic E-state index is 0.188. The van der Waals surface area contributed by atoms with Gasteiger partial charge in [0.2, 0.25) is 10.0 Å². The average molecular weight is 529 g/mol. The van der Waals surface area contributed by atoms with Gasteiger partial charge in [0.1, 0.15) is 0 Å². The van der Waals surface area contributed by atoms with Gasteiger partial charge in [0.15, 0.2) is 0 Å². The first-order valence-electron chi connectivity index (χ1n) is 11.9. The Hall–Kier alpha value is -2.26. The lowest BCUT2D eigenvalue weighted by Gasteiger charge is -2.08. The van der Waals surface area contributed by atoms with Gasteiger partial charge in [-0.3, -0.25) is 4.68 Å². The van der Waals surface area contributed by atoms with Gasteiger partial charge in [-0.15, -0.1) is 0 Å². The number of aromatic nitrogens is 3. The molecule has 1 aliphatic rings. The number of hydrogen-bond acceptors (Lipinski definition) is 4. The van der Waals surface area contributed by atoms with Crippen LogP contribution in [0.1, 0.15) is 37.4 Å². The number of rotatable bonds is 10. The van der Waals surface area contributed by atoms with Gasteiger partial charge in [-0.1, -0.05) is 48.5 Å². The van der Waals surface area contributed by atoms with Crippen LogP contribution in [0.5, 0.6) is 0 Å². The van der Waals surface area contributed by atoms with E-state index in [0.29, 0.717) is 18.0 Å². The van der Waals surface area contributed by atoms with Gasteiger partial charge < -0.3 is 4.57 Å². The maximum atomic E-state index is 12.1. The zero-order valence-electron chi connectivity index (χ0n) is 19.9. The zero-order valence-corrected chi connectivity index (χ0v) is 22.3. The van der Waals surface area contributed by atoms with Crippen LogP contribution in [0, 0.1) is 6.92 Å². The number of halogens is 1. The van der Waals surface area contributed by atoms with E-state index in [-0.39, 0.29) is 5.25 Å². The van der Waals surface area contributed by atoms with Gasteiger partial charge >= 0.3 is 0 Å². The Kier molecular flexibility index (Phi) is 6.99. The first kappa shape index (κ1) is 24.4. The van der Waals surface area contributed by atoms with Crippen LogP contribution in [0.25, 0.3) is 16.6 Å². The highest BCUT2D eigenvalue weighted by molar-refractivity contribution is 7.99. The molecule has 0 amide bonds. The van der Waals surface area contributed by atoms with Crippen molar-refractivity contribution in [1.29, 1.82) is 0 Å². The van der Waals surface area contributed by atoms with E-state index in [0.717, 1.165) is 58.6 Å². The van der Waals surface area contributed by atoms with Gasteiger partial charge in [0.05, 0.1) is 22.7 Å². The number of nitrogens with zero attached hydrogens (tertiary/aromatic N) is 3. The molecule has 2 aromatic carbocycles. The molecule has 0 atom stereocenters. The average Bonchev–Trinajstić information content (AvgIpc) is 3.55. The van der Waals surface area contributed by atoms with Crippen LogP contribution in [0.2, 0.25) is 5.02 Å². The Morgan fingerprint density at radius 1 is 1.20 bits per heavy atom. The molecule has 2 aromatic heterocycles. The minimum atomic E-state index is -3.15. The quantitative estimate of drug-likeness (QED) is 0.275. The molecule has 1 saturated carbocycles. The van der Waals surface area contributed by atoms with Crippen molar-refractivity contribution in [3.8, 4) is 5.69 Å². The van der Waals surface area contributed by atoms with Crippen LogP contribution in [0.3, 0.4) is 0 Å². The lowest BCUT2D eigenvalue weighted by molar-refractivity contribution is 0.580. The second kappa shape index (κ2) is 10.0. The Morgan fingerprint density at radius 3 is 2.80 bits per heavy atom. The predicted molar refractivity (Wildman–Crippen MR) is 143 cm³/mol. The fraction of sp³-hybridized carbons (Fsp3) is 0.346. The zero-order chi connectivity index (χ0) is 24.6. The smallest absolute Gasteiger partial charge is 0.214 e. The highest BCUT2D eigenvalue weighted by atomic mass is 35.5. The molecule has 0 saturated heterocycles. The molecule has 0 spiro atoms. The Morgan fingerprint density at radius 2 is 2.03 bits per heavy atom. The van der Waals surface area contributed by atoms with Crippen molar-refractivity contribution in [2.45, 2.75) is 61.1 Å². The maximum absolute atomic E-state index is 12.1. The number of nitrogens with one attached hydrogen (secondary N) is 1. The summed E-state index contributed by atoms with van der Waals surface area (Å²) in [5.74, 6) is 0. The van der Waals surface area contributed by atoms with Crippen molar-refractivity contribution in [1.82, 2.24) is 19.1 Å². The summed E-state index contributed by atoms with van der Waals surface area (Å²) >= 11 is 8.11. The summed E-state index contributed by atoms with van der Waals surface area (Å²) in [4.78, 5) is 2.29. The maximum Gasteiger partial charge on any atom is 0.214 e. The number of benzene rings is 2. The Balaban J connectivity index is 1.42. The molecule has 9 heteroatoms. The molecule has 6 nitrogen and oxygen atoms in total. The van der Waals surface area contributed by atoms with E-state index >= 15 is 0 Å². The van der Waals surface area contributed by atoms with Crippen molar-refractivity contribution >= 4 is 44.3 Å². The standard InChI is InChI=1S/C26H29ClN4O2S2/c1-3-13-30-17-21(16-28-30)31-18(2)26(24-10-7-20(27)15-25(24)31)34-22-6-4-5-19(14-22)11-12-29-35(32,33)23-8-9-23/h4-7,10,14-17,23,29H,3,8-9,11-13H2,1-2H3. The lowest BCUT2D eigenvalue weighted by atomic mass is 10.2. The van der Waals surface area contributed by atoms with Crippen LogP contribution >= 0.6 is 23.4 Å². The van der Waals surface area contributed by atoms with E-state index < -0.39 is 10.0 Å². The monoisotopic (exact) mass is 528 g/mol. The van der Waals surface area contributed by atoms with Crippen molar-refractivity contribution in [3.63, 3.8) is 0 Å². The summed E-state index contributed by atoms with van der Waals surface area (Å²) in [6, 6.07) is 14.3. The SMILES string of the molecule is CCCn1cc(-n2c(C)c(Sc3cccc(CCNS(=O)(=O)C4CC4)c3)c3ccc(Cl)cc32)cn1. The topological polar surface area (TPSA) is 68.9 Å². The lowest BCUT2D eigenvalue weighted by Crippen LogP contribution is -2.29. The minimum Gasteiger partial charge on any atom is -0.310 e. The molecule has 5 rings (SSSR count). The summed E-state index contributed by atoms with van der Waals surface area (Å²) in [5, 5.41) is 6.18. The molecular formula is C26H29ClN4O2S2. The number of aryl methyl sites for hydroxylation is 1. The Labute approximate surface area is 215 Å². The van der Waals surface area contributed by atoms with E-state index in [2.05, 4.69) is 52.6 Å². The molecule has 0 aliphatic heterocycles. The summed E-state index contributed by atoms with van der Waals surface area (Å²) in [7, 11) is -3.15. The fourth-order valence-electron chi connectivity index (χ4n) is 4.36. The number of hydrogen-bond donors (Lipinski definition) is 1. The van der Waals surface area contributed by atoms with Crippen LogP contribution in [-0.4, -0.2) is 34.6 Å². The molecule has 2 heterocycles. The van der Waals surface area contributed by atoms with Gasteiger partial charge in [0, 0.05) is 45.2 Å². The third-order valence-corrected chi connectivity index (χ3v) is 9.64. The third-order valence-electron chi connectivity index (χ3n) is 6.24. The summed E-state index contributed by atoms with van der Waals surface area (Å²) in [6.07, 6.45) is 7.22. The highest BCUT2D eigenvalue weighted by Crippen LogP contribution is 2.40.